The second kappa shape index (κ2) is 5.91. The third-order valence-electron chi connectivity index (χ3n) is 2.31. The zero-order chi connectivity index (χ0) is 12.9. The van der Waals surface area contributed by atoms with Crippen molar-refractivity contribution in [3.05, 3.63) is 35.6 Å². The highest BCUT2D eigenvalue weighted by molar-refractivity contribution is 7.92. The second-order valence-electron chi connectivity index (χ2n) is 3.88. The Balaban J connectivity index is 2.73. The minimum absolute atomic E-state index is 0.00452. The Morgan fingerprint density at radius 1 is 1.35 bits per heavy atom. The van der Waals surface area contributed by atoms with Gasteiger partial charge in [0.2, 0.25) is 0 Å². The summed E-state index contributed by atoms with van der Waals surface area (Å²) >= 11 is 0. The van der Waals surface area contributed by atoms with Gasteiger partial charge in [0, 0.05) is 5.56 Å². The normalized spacial score (nSPS) is 11.4. The van der Waals surface area contributed by atoms with Crippen LogP contribution in [0.5, 0.6) is 0 Å². The standard InChI is InChI=1S/C12H15FO3S/c1-2-3-7-17(15,16)9-12(14)10-5-4-6-11(13)8-10/h4-6,8H,2-3,7,9H2,1H3. The van der Waals surface area contributed by atoms with E-state index >= 15 is 0 Å². The summed E-state index contributed by atoms with van der Waals surface area (Å²) < 4.78 is 35.9. The summed E-state index contributed by atoms with van der Waals surface area (Å²) in [6.45, 7) is 1.88. The van der Waals surface area contributed by atoms with Crippen LogP contribution < -0.4 is 0 Å². The molecular formula is C12H15FO3S. The van der Waals surface area contributed by atoms with E-state index < -0.39 is 27.2 Å². The lowest BCUT2D eigenvalue weighted by atomic mass is 10.1. The molecule has 0 saturated heterocycles. The Morgan fingerprint density at radius 3 is 2.65 bits per heavy atom. The Morgan fingerprint density at radius 2 is 2.06 bits per heavy atom. The first-order valence-electron chi connectivity index (χ1n) is 5.44. The Labute approximate surface area is 101 Å². The van der Waals surface area contributed by atoms with E-state index in [2.05, 4.69) is 0 Å². The van der Waals surface area contributed by atoms with Gasteiger partial charge in [-0.25, -0.2) is 12.8 Å². The van der Waals surface area contributed by atoms with E-state index in [0.717, 1.165) is 12.5 Å². The molecule has 17 heavy (non-hydrogen) atoms. The third-order valence-corrected chi connectivity index (χ3v) is 3.92. The summed E-state index contributed by atoms with van der Waals surface area (Å²) in [6, 6.07) is 5.07. The SMILES string of the molecule is CCCCS(=O)(=O)CC(=O)c1cccc(F)c1. The quantitative estimate of drug-likeness (QED) is 0.735. The van der Waals surface area contributed by atoms with Crippen LogP contribution in [0.3, 0.4) is 0 Å². The highest BCUT2D eigenvalue weighted by Gasteiger charge is 2.17. The highest BCUT2D eigenvalue weighted by Crippen LogP contribution is 2.07. The van der Waals surface area contributed by atoms with Crippen LogP contribution in [0.1, 0.15) is 30.1 Å². The molecule has 0 N–H and O–H groups in total. The van der Waals surface area contributed by atoms with Gasteiger partial charge >= 0.3 is 0 Å². The van der Waals surface area contributed by atoms with Crippen LogP contribution in [0, 0.1) is 5.82 Å². The van der Waals surface area contributed by atoms with Crippen molar-refractivity contribution in [3.63, 3.8) is 0 Å². The van der Waals surface area contributed by atoms with Gasteiger partial charge in [-0.3, -0.25) is 4.79 Å². The van der Waals surface area contributed by atoms with Gasteiger partial charge in [0.05, 0.1) is 5.75 Å². The van der Waals surface area contributed by atoms with Gasteiger partial charge in [-0.2, -0.15) is 0 Å². The van der Waals surface area contributed by atoms with Crippen molar-refractivity contribution in [2.75, 3.05) is 11.5 Å². The fourth-order valence-electron chi connectivity index (χ4n) is 1.38. The van der Waals surface area contributed by atoms with Crippen molar-refractivity contribution < 1.29 is 17.6 Å². The number of hydrogen-bond acceptors (Lipinski definition) is 3. The van der Waals surface area contributed by atoms with Gasteiger partial charge in [-0.05, 0) is 18.6 Å². The van der Waals surface area contributed by atoms with Crippen LogP contribution in [0.2, 0.25) is 0 Å². The molecule has 0 fully saturated rings. The van der Waals surface area contributed by atoms with E-state index in [1.54, 1.807) is 0 Å². The fraction of sp³-hybridized carbons (Fsp3) is 0.417. The lowest BCUT2D eigenvalue weighted by Gasteiger charge is -2.03. The lowest BCUT2D eigenvalue weighted by molar-refractivity contribution is 0.102. The molecule has 0 aliphatic carbocycles. The number of sulfone groups is 1. The van der Waals surface area contributed by atoms with Crippen LogP contribution >= 0.6 is 0 Å². The van der Waals surface area contributed by atoms with Gasteiger partial charge in [-0.15, -0.1) is 0 Å². The highest BCUT2D eigenvalue weighted by atomic mass is 32.2. The smallest absolute Gasteiger partial charge is 0.177 e. The molecule has 1 aromatic rings. The number of benzene rings is 1. The summed E-state index contributed by atoms with van der Waals surface area (Å²) in [5.74, 6) is -1.64. The van der Waals surface area contributed by atoms with E-state index in [9.17, 15) is 17.6 Å². The zero-order valence-electron chi connectivity index (χ0n) is 9.65. The Kier molecular flexibility index (Phi) is 4.81. The van der Waals surface area contributed by atoms with E-state index in [0.29, 0.717) is 6.42 Å². The van der Waals surface area contributed by atoms with Crippen molar-refractivity contribution in [1.29, 1.82) is 0 Å². The number of Topliss-reactive ketones (excluding diaryl/α,β-unsaturated/α-hetero) is 1. The number of carbonyl (C=O) groups is 1. The van der Waals surface area contributed by atoms with Crippen molar-refractivity contribution in [2.45, 2.75) is 19.8 Å². The zero-order valence-corrected chi connectivity index (χ0v) is 10.5. The third kappa shape index (κ3) is 4.65. The molecule has 1 rings (SSSR count). The van der Waals surface area contributed by atoms with Gasteiger partial charge in [0.15, 0.2) is 15.6 Å². The minimum Gasteiger partial charge on any atom is -0.293 e. The fourth-order valence-corrected chi connectivity index (χ4v) is 2.82. The first kappa shape index (κ1) is 13.8. The molecule has 0 saturated carbocycles. The molecule has 1 aromatic carbocycles. The molecule has 0 spiro atoms. The molecule has 0 amide bonds. The van der Waals surface area contributed by atoms with Crippen LogP contribution in [0.4, 0.5) is 4.39 Å². The lowest BCUT2D eigenvalue weighted by Crippen LogP contribution is -2.19. The molecule has 0 aromatic heterocycles. The molecule has 0 atom stereocenters. The number of carbonyl (C=O) groups excluding carboxylic acids is 1. The van der Waals surface area contributed by atoms with Crippen LogP contribution in [-0.4, -0.2) is 25.7 Å². The summed E-state index contributed by atoms with van der Waals surface area (Å²) in [5.41, 5.74) is 0.102. The summed E-state index contributed by atoms with van der Waals surface area (Å²) in [4.78, 5) is 11.6. The largest absolute Gasteiger partial charge is 0.293 e. The number of ketones is 1. The molecule has 5 heteroatoms. The molecule has 3 nitrogen and oxygen atoms in total. The van der Waals surface area contributed by atoms with Crippen LogP contribution in [-0.2, 0) is 9.84 Å². The Bertz CT molecular complexity index is 494. The maximum atomic E-state index is 12.9. The van der Waals surface area contributed by atoms with Crippen molar-refractivity contribution in [2.24, 2.45) is 0 Å². The van der Waals surface area contributed by atoms with Gasteiger partial charge < -0.3 is 0 Å². The van der Waals surface area contributed by atoms with Crippen molar-refractivity contribution in [1.82, 2.24) is 0 Å². The number of rotatable bonds is 6. The van der Waals surface area contributed by atoms with E-state index in [-0.39, 0.29) is 11.3 Å². The molecular weight excluding hydrogens is 243 g/mol. The maximum absolute atomic E-state index is 12.9. The number of halogens is 1. The molecule has 0 aliphatic rings. The topological polar surface area (TPSA) is 51.2 Å². The summed E-state index contributed by atoms with van der Waals surface area (Å²) in [5, 5.41) is 0. The number of unbranched alkanes of at least 4 members (excludes halogenated alkanes) is 1. The average molecular weight is 258 g/mol. The molecule has 94 valence electrons. The maximum Gasteiger partial charge on any atom is 0.177 e. The predicted molar refractivity (Wildman–Crippen MR) is 64.3 cm³/mol. The predicted octanol–water partition coefficient (Wildman–Crippen LogP) is 2.22. The van der Waals surface area contributed by atoms with E-state index in [1.165, 1.54) is 18.2 Å². The van der Waals surface area contributed by atoms with Gasteiger partial charge in [0.25, 0.3) is 0 Å². The van der Waals surface area contributed by atoms with Crippen LogP contribution in [0.15, 0.2) is 24.3 Å². The van der Waals surface area contributed by atoms with Gasteiger partial charge in [-0.1, -0.05) is 25.5 Å². The van der Waals surface area contributed by atoms with E-state index in [1.807, 2.05) is 6.92 Å². The number of hydrogen-bond donors (Lipinski definition) is 0. The first-order chi connectivity index (χ1) is 7.94. The average Bonchev–Trinajstić information content (AvgIpc) is 2.26. The Hall–Kier alpha value is -1.23. The monoisotopic (exact) mass is 258 g/mol. The molecule has 0 heterocycles. The molecule has 0 radical (unpaired) electrons. The van der Waals surface area contributed by atoms with Crippen molar-refractivity contribution in [3.8, 4) is 0 Å². The van der Waals surface area contributed by atoms with Crippen molar-refractivity contribution >= 4 is 15.6 Å². The summed E-state index contributed by atoms with van der Waals surface area (Å²) in [7, 11) is -3.38. The molecule has 0 bridgehead atoms. The van der Waals surface area contributed by atoms with Gasteiger partial charge in [0.1, 0.15) is 11.6 Å². The second-order valence-corrected chi connectivity index (χ2v) is 6.06. The molecule has 0 aliphatic heterocycles. The van der Waals surface area contributed by atoms with E-state index in [4.69, 9.17) is 0 Å². The summed E-state index contributed by atoms with van der Waals surface area (Å²) in [6.07, 6.45) is 1.30. The van der Waals surface area contributed by atoms with Crippen LogP contribution in [0.25, 0.3) is 0 Å². The minimum atomic E-state index is -3.38. The molecule has 0 unspecified atom stereocenters. The first-order valence-corrected chi connectivity index (χ1v) is 7.26.